The van der Waals surface area contributed by atoms with E-state index < -0.39 is 10.7 Å². The maximum Gasteiger partial charge on any atom is 0.274 e. The molecule has 0 unspecified atom stereocenters. The Labute approximate surface area is 155 Å². The number of halogens is 3. The van der Waals surface area contributed by atoms with Crippen LogP contribution in [0, 0.1) is 21.8 Å². The van der Waals surface area contributed by atoms with Crippen LogP contribution in [0.25, 0.3) is 0 Å². The molecule has 1 aromatic rings. The zero-order valence-corrected chi connectivity index (χ0v) is 15.7. The predicted octanol–water partition coefficient (Wildman–Crippen LogP) is 3.96. The maximum atomic E-state index is 13.7. The summed E-state index contributed by atoms with van der Waals surface area (Å²) in [6.07, 6.45) is 1.77. The Hall–Kier alpha value is -0.950. The summed E-state index contributed by atoms with van der Waals surface area (Å²) in [5.41, 5.74) is 0.529. The molecular weight excluding hydrogens is 356 g/mol. The van der Waals surface area contributed by atoms with Crippen molar-refractivity contribution in [3.8, 4) is 0 Å². The molecule has 0 radical (unpaired) electrons. The fourth-order valence-corrected chi connectivity index (χ4v) is 2.98. The second kappa shape index (κ2) is 10.8. The van der Waals surface area contributed by atoms with E-state index in [9.17, 15) is 14.5 Å². The molecule has 1 N–H and O–H groups in total. The lowest BCUT2D eigenvalue weighted by molar-refractivity contribution is -0.386. The Morgan fingerprint density at radius 3 is 2.42 bits per heavy atom. The first kappa shape index (κ1) is 23.1. The van der Waals surface area contributed by atoms with Gasteiger partial charge in [0.15, 0.2) is 0 Å². The number of nitro groups is 1. The van der Waals surface area contributed by atoms with E-state index in [2.05, 4.69) is 24.1 Å². The summed E-state index contributed by atoms with van der Waals surface area (Å²) in [5, 5.41) is 14.6. The maximum absolute atomic E-state index is 13.7. The molecule has 0 amide bonds. The number of hydrogen-bond acceptors (Lipinski definition) is 4. The van der Waals surface area contributed by atoms with Gasteiger partial charge in [-0.05, 0) is 30.9 Å². The Morgan fingerprint density at radius 2 is 1.88 bits per heavy atom. The van der Waals surface area contributed by atoms with Crippen LogP contribution in [-0.2, 0) is 0 Å². The fourth-order valence-electron chi connectivity index (χ4n) is 2.98. The molecule has 1 fully saturated rings. The molecule has 1 heterocycles. The molecule has 0 aliphatic carbocycles. The molecule has 5 nitrogen and oxygen atoms in total. The highest BCUT2D eigenvalue weighted by atomic mass is 35.5. The first-order valence-corrected chi connectivity index (χ1v) is 7.87. The van der Waals surface area contributed by atoms with Crippen LogP contribution in [0.5, 0.6) is 0 Å². The van der Waals surface area contributed by atoms with Crippen LogP contribution in [0.15, 0.2) is 18.2 Å². The van der Waals surface area contributed by atoms with Gasteiger partial charge < -0.3 is 5.32 Å². The minimum absolute atomic E-state index is 0. The van der Waals surface area contributed by atoms with E-state index in [1.54, 1.807) is 0 Å². The third-order valence-electron chi connectivity index (χ3n) is 4.16. The van der Waals surface area contributed by atoms with Crippen molar-refractivity contribution in [3.05, 3.63) is 39.7 Å². The average molecular weight is 382 g/mol. The number of nitrogens with zero attached hydrogens (tertiary/aromatic N) is 2. The second-order valence-electron chi connectivity index (χ2n) is 6.23. The van der Waals surface area contributed by atoms with Crippen LogP contribution in [0.4, 0.5) is 10.1 Å². The van der Waals surface area contributed by atoms with E-state index in [4.69, 9.17) is 0 Å². The molecule has 0 bridgehead atoms. The molecule has 1 aliphatic rings. The molecule has 1 aliphatic heterocycles. The van der Waals surface area contributed by atoms with E-state index in [0.717, 1.165) is 39.0 Å². The van der Waals surface area contributed by atoms with Crippen molar-refractivity contribution >= 4 is 30.5 Å². The smallest absolute Gasteiger partial charge is 0.274 e. The van der Waals surface area contributed by atoms with Gasteiger partial charge in [-0.1, -0.05) is 13.8 Å². The Kier molecular flexibility index (Phi) is 10.4. The van der Waals surface area contributed by atoms with E-state index in [1.165, 1.54) is 18.2 Å². The largest absolute Gasteiger partial charge is 0.314 e. The Bertz CT molecular complexity index is 526. The number of piperazine rings is 1. The van der Waals surface area contributed by atoms with Gasteiger partial charge in [-0.2, -0.15) is 0 Å². The molecule has 138 valence electrons. The number of benzene rings is 1. The van der Waals surface area contributed by atoms with Gasteiger partial charge in [0.25, 0.3) is 5.69 Å². The number of hydrogen-bond donors (Lipinski definition) is 1. The topological polar surface area (TPSA) is 58.4 Å². The summed E-state index contributed by atoms with van der Waals surface area (Å²) in [6.45, 7) is 7.65. The Balaban J connectivity index is 0.00000264. The van der Waals surface area contributed by atoms with Gasteiger partial charge in [-0.25, -0.2) is 4.39 Å². The summed E-state index contributed by atoms with van der Waals surface area (Å²) >= 11 is 0. The van der Waals surface area contributed by atoms with Crippen molar-refractivity contribution < 1.29 is 9.31 Å². The van der Waals surface area contributed by atoms with E-state index in [-0.39, 0.29) is 36.5 Å². The zero-order chi connectivity index (χ0) is 16.1. The summed E-state index contributed by atoms with van der Waals surface area (Å²) in [4.78, 5) is 13.1. The van der Waals surface area contributed by atoms with Gasteiger partial charge in [0.2, 0.25) is 0 Å². The minimum Gasteiger partial charge on any atom is -0.314 e. The highest BCUT2D eigenvalue weighted by Crippen LogP contribution is 2.34. The van der Waals surface area contributed by atoms with Crippen molar-refractivity contribution in [1.29, 1.82) is 0 Å². The lowest BCUT2D eigenvalue weighted by atomic mass is 9.94. The van der Waals surface area contributed by atoms with E-state index >= 15 is 0 Å². The van der Waals surface area contributed by atoms with Crippen LogP contribution < -0.4 is 5.32 Å². The molecule has 2 rings (SSSR count). The fraction of sp³-hybridized carbons (Fsp3) is 0.625. The zero-order valence-electron chi connectivity index (χ0n) is 14.0. The lowest BCUT2D eigenvalue weighted by Gasteiger charge is -2.35. The summed E-state index contributed by atoms with van der Waals surface area (Å²) < 4.78 is 13.7. The van der Waals surface area contributed by atoms with Crippen LogP contribution in [0.1, 0.15) is 38.3 Å². The van der Waals surface area contributed by atoms with Gasteiger partial charge in [-0.3, -0.25) is 15.0 Å². The van der Waals surface area contributed by atoms with Gasteiger partial charge >= 0.3 is 0 Å². The van der Waals surface area contributed by atoms with Crippen molar-refractivity contribution in [2.75, 3.05) is 26.2 Å². The van der Waals surface area contributed by atoms with Crippen LogP contribution in [0.3, 0.4) is 0 Å². The van der Waals surface area contributed by atoms with Crippen LogP contribution in [0.2, 0.25) is 0 Å². The van der Waals surface area contributed by atoms with Crippen LogP contribution >= 0.6 is 24.8 Å². The highest BCUT2D eigenvalue weighted by Gasteiger charge is 2.28. The van der Waals surface area contributed by atoms with E-state index in [0.29, 0.717) is 11.5 Å². The van der Waals surface area contributed by atoms with Crippen molar-refractivity contribution in [3.63, 3.8) is 0 Å². The molecule has 1 saturated heterocycles. The number of nitro benzene ring substituents is 1. The van der Waals surface area contributed by atoms with Gasteiger partial charge in [-0.15, -0.1) is 24.8 Å². The third-order valence-corrected chi connectivity index (χ3v) is 4.16. The van der Waals surface area contributed by atoms with E-state index in [1.807, 2.05) is 0 Å². The van der Waals surface area contributed by atoms with Crippen LogP contribution in [-0.4, -0.2) is 36.0 Å². The van der Waals surface area contributed by atoms with Gasteiger partial charge in [0, 0.05) is 43.9 Å². The number of rotatable bonds is 6. The molecule has 1 atom stereocenters. The van der Waals surface area contributed by atoms with Crippen molar-refractivity contribution in [1.82, 2.24) is 10.2 Å². The predicted molar refractivity (Wildman–Crippen MR) is 98.8 cm³/mol. The molecule has 0 aromatic heterocycles. The highest BCUT2D eigenvalue weighted by molar-refractivity contribution is 5.85. The van der Waals surface area contributed by atoms with Gasteiger partial charge in [0.1, 0.15) is 5.82 Å². The molecule has 0 spiro atoms. The monoisotopic (exact) mass is 381 g/mol. The van der Waals surface area contributed by atoms with Gasteiger partial charge in [0.05, 0.1) is 4.92 Å². The molecule has 24 heavy (non-hydrogen) atoms. The quantitative estimate of drug-likeness (QED) is 0.598. The SMILES string of the molecule is CC(C)CC[C@@H](c1cc(F)ccc1[N+](=O)[O-])N1CCNCC1.Cl.Cl. The second-order valence-corrected chi connectivity index (χ2v) is 6.23. The molecule has 1 aromatic carbocycles. The van der Waals surface area contributed by atoms with Crippen molar-refractivity contribution in [2.45, 2.75) is 32.7 Å². The molecule has 0 saturated carbocycles. The third kappa shape index (κ3) is 6.16. The molecule has 8 heteroatoms. The average Bonchev–Trinajstić information content (AvgIpc) is 2.48. The normalized spacial score (nSPS) is 16.2. The Morgan fingerprint density at radius 1 is 1.25 bits per heavy atom. The first-order chi connectivity index (χ1) is 10.5. The minimum atomic E-state index is -0.412. The summed E-state index contributed by atoms with van der Waals surface area (Å²) in [5.74, 6) is 0.100. The first-order valence-electron chi connectivity index (χ1n) is 7.87. The lowest BCUT2D eigenvalue weighted by Crippen LogP contribution is -2.45. The van der Waals surface area contributed by atoms with Crippen molar-refractivity contribution in [2.24, 2.45) is 5.92 Å². The summed E-state index contributed by atoms with van der Waals surface area (Å²) in [7, 11) is 0. The summed E-state index contributed by atoms with van der Waals surface area (Å²) in [6, 6.07) is 3.69. The molecular formula is C16H26Cl2FN3O2. The number of nitrogens with one attached hydrogen (secondary N) is 1. The standard InChI is InChI=1S/C16H24FN3O2.2ClH/c1-12(2)3-5-15(19-9-7-18-8-10-19)14-11-13(17)4-6-16(14)20(21)22;;/h4,6,11-12,15,18H,3,5,7-10H2,1-2H3;2*1H/t15-;;/m0../s1.